The van der Waals surface area contributed by atoms with Crippen LogP contribution in [0.25, 0.3) is 33.9 Å². The zero-order chi connectivity index (χ0) is 25.9. The van der Waals surface area contributed by atoms with Gasteiger partial charge in [0.2, 0.25) is 5.89 Å². The highest BCUT2D eigenvalue weighted by Gasteiger charge is 2.16. The second kappa shape index (κ2) is 9.91. The summed E-state index contributed by atoms with van der Waals surface area (Å²) in [5, 5.41) is 16.6. The molecule has 0 unspecified atom stereocenters. The quantitative estimate of drug-likeness (QED) is 0.164. The van der Waals surface area contributed by atoms with E-state index in [9.17, 15) is 14.9 Å². The van der Waals surface area contributed by atoms with Crippen LogP contribution in [0.15, 0.2) is 87.7 Å². The van der Waals surface area contributed by atoms with Crippen molar-refractivity contribution in [2.75, 3.05) is 12.4 Å². The molecular formula is C26H18N4O6S. The minimum absolute atomic E-state index is 0.00161. The Morgan fingerprint density at radius 3 is 2.57 bits per heavy atom. The minimum Gasteiger partial charge on any atom is -0.497 e. The van der Waals surface area contributed by atoms with Crippen molar-refractivity contribution >= 4 is 45.7 Å². The van der Waals surface area contributed by atoms with Gasteiger partial charge in [-0.15, -0.1) is 0 Å². The van der Waals surface area contributed by atoms with Crippen molar-refractivity contribution in [1.29, 1.82) is 0 Å². The third kappa shape index (κ3) is 5.16. The maximum Gasteiger partial charge on any atom is 0.293 e. The van der Waals surface area contributed by atoms with Crippen LogP contribution in [0.5, 0.6) is 5.75 Å². The van der Waals surface area contributed by atoms with E-state index < -0.39 is 10.8 Å². The molecule has 0 atom stereocenters. The van der Waals surface area contributed by atoms with Gasteiger partial charge in [-0.05, 0) is 66.8 Å². The zero-order valence-electron chi connectivity index (χ0n) is 19.3. The van der Waals surface area contributed by atoms with Crippen molar-refractivity contribution < 1.29 is 23.3 Å². The molecule has 0 radical (unpaired) electrons. The molecule has 2 heterocycles. The van der Waals surface area contributed by atoms with Gasteiger partial charge < -0.3 is 18.9 Å². The van der Waals surface area contributed by atoms with Crippen LogP contribution in [0.3, 0.4) is 0 Å². The second-order valence-electron chi connectivity index (χ2n) is 7.81. The number of nitro groups is 1. The van der Waals surface area contributed by atoms with Gasteiger partial charge >= 0.3 is 0 Å². The van der Waals surface area contributed by atoms with E-state index in [1.54, 1.807) is 43.5 Å². The molecule has 0 bridgehead atoms. The topological polar surface area (TPSA) is 133 Å². The Bertz CT molecular complexity index is 1640. The number of benzene rings is 3. The van der Waals surface area contributed by atoms with Gasteiger partial charge in [0.05, 0.1) is 12.0 Å². The van der Waals surface area contributed by atoms with Gasteiger partial charge in [0.25, 0.3) is 11.6 Å². The fourth-order valence-electron chi connectivity index (χ4n) is 3.58. The van der Waals surface area contributed by atoms with Crippen LogP contribution in [0.4, 0.5) is 11.4 Å². The number of ether oxygens (including phenoxy) is 1. The molecule has 0 aliphatic carbocycles. The third-order valence-electron chi connectivity index (χ3n) is 5.38. The predicted molar refractivity (Wildman–Crippen MR) is 140 cm³/mol. The Balaban J connectivity index is 1.25. The number of nitro benzene ring substituents is 1. The van der Waals surface area contributed by atoms with E-state index in [1.807, 2.05) is 24.3 Å². The molecule has 5 rings (SSSR count). The number of amides is 1. The summed E-state index contributed by atoms with van der Waals surface area (Å²) in [4.78, 5) is 27.6. The van der Waals surface area contributed by atoms with Crippen LogP contribution in [0, 0.1) is 10.1 Å². The van der Waals surface area contributed by atoms with Gasteiger partial charge in [0.1, 0.15) is 17.0 Å². The molecule has 2 N–H and O–H groups in total. The number of fused-ring (bicyclic) bond motifs is 1. The molecule has 0 fully saturated rings. The number of carbonyl (C=O) groups is 1. The Morgan fingerprint density at radius 2 is 1.81 bits per heavy atom. The first-order valence-electron chi connectivity index (χ1n) is 10.9. The van der Waals surface area contributed by atoms with Crippen molar-refractivity contribution in [2.24, 2.45) is 0 Å². The highest BCUT2D eigenvalue weighted by Crippen LogP contribution is 2.28. The molecule has 0 saturated heterocycles. The highest BCUT2D eigenvalue weighted by atomic mass is 32.1. The minimum atomic E-state index is -0.571. The number of anilines is 1. The molecule has 11 heteroatoms. The number of methoxy groups -OCH3 is 1. The normalized spacial score (nSPS) is 10.7. The monoisotopic (exact) mass is 514 g/mol. The molecule has 10 nitrogen and oxygen atoms in total. The van der Waals surface area contributed by atoms with Crippen molar-refractivity contribution in [3.8, 4) is 28.5 Å². The molecule has 0 aliphatic heterocycles. The summed E-state index contributed by atoms with van der Waals surface area (Å²) in [6.07, 6.45) is 0. The fourth-order valence-corrected chi connectivity index (χ4v) is 3.79. The largest absolute Gasteiger partial charge is 0.497 e. The number of aromatic nitrogens is 1. The summed E-state index contributed by atoms with van der Waals surface area (Å²) >= 11 is 5.27. The van der Waals surface area contributed by atoms with Crippen molar-refractivity contribution in [2.45, 2.75) is 0 Å². The van der Waals surface area contributed by atoms with Crippen LogP contribution < -0.4 is 15.4 Å². The first-order chi connectivity index (χ1) is 17.9. The Morgan fingerprint density at radius 1 is 1.00 bits per heavy atom. The van der Waals surface area contributed by atoms with Gasteiger partial charge in [-0.2, -0.15) is 0 Å². The van der Waals surface area contributed by atoms with Gasteiger partial charge in [-0.3, -0.25) is 20.2 Å². The number of hydrogen-bond acceptors (Lipinski definition) is 8. The van der Waals surface area contributed by atoms with Gasteiger partial charge in [-0.25, -0.2) is 4.98 Å². The van der Waals surface area contributed by atoms with E-state index in [2.05, 4.69) is 15.6 Å². The van der Waals surface area contributed by atoms with Crippen molar-refractivity contribution in [3.63, 3.8) is 0 Å². The number of hydrogen-bond donors (Lipinski definition) is 2. The van der Waals surface area contributed by atoms with E-state index in [0.717, 1.165) is 11.3 Å². The van der Waals surface area contributed by atoms with Crippen LogP contribution in [0.1, 0.15) is 10.6 Å². The van der Waals surface area contributed by atoms with Crippen molar-refractivity contribution in [1.82, 2.24) is 10.3 Å². The number of furan rings is 1. The summed E-state index contributed by atoms with van der Waals surface area (Å²) in [7, 11) is 1.60. The summed E-state index contributed by atoms with van der Waals surface area (Å²) < 4.78 is 16.6. The summed E-state index contributed by atoms with van der Waals surface area (Å²) in [6, 6.07) is 21.6. The number of non-ortho nitro benzene ring substituents is 1. The average Bonchev–Trinajstić information content (AvgIpc) is 3.56. The molecular weight excluding hydrogens is 496 g/mol. The lowest BCUT2D eigenvalue weighted by molar-refractivity contribution is -0.384. The first-order valence-corrected chi connectivity index (χ1v) is 11.3. The van der Waals surface area contributed by atoms with E-state index in [4.69, 9.17) is 25.8 Å². The first kappa shape index (κ1) is 23.7. The van der Waals surface area contributed by atoms with Crippen LogP contribution >= 0.6 is 12.2 Å². The Kier molecular flexibility index (Phi) is 6.35. The predicted octanol–water partition coefficient (Wildman–Crippen LogP) is 5.80. The molecule has 1 amide bonds. The summed E-state index contributed by atoms with van der Waals surface area (Å²) in [6.45, 7) is 0. The lowest BCUT2D eigenvalue weighted by atomic mass is 10.1. The van der Waals surface area contributed by atoms with Crippen LogP contribution in [-0.2, 0) is 0 Å². The fraction of sp³-hybridized carbons (Fsp3) is 0.0385. The average molecular weight is 515 g/mol. The zero-order valence-corrected chi connectivity index (χ0v) is 20.1. The maximum atomic E-state index is 12.6. The number of rotatable bonds is 6. The van der Waals surface area contributed by atoms with E-state index in [0.29, 0.717) is 34.0 Å². The number of oxazole rings is 1. The number of carbonyl (C=O) groups excluding carboxylic acids is 1. The molecule has 2 aromatic heterocycles. The maximum absolute atomic E-state index is 12.6. The molecule has 37 heavy (non-hydrogen) atoms. The number of thiocarbonyl (C=S) groups is 1. The van der Waals surface area contributed by atoms with Gasteiger partial charge in [-0.1, -0.05) is 12.1 Å². The van der Waals surface area contributed by atoms with E-state index in [-0.39, 0.29) is 16.6 Å². The third-order valence-corrected chi connectivity index (χ3v) is 5.58. The summed E-state index contributed by atoms with van der Waals surface area (Å²) in [5.74, 6) is 0.942. The van der Waals surface area contributed by atoms with Crippen LogP contribution in [0.2, 0.25) is 0 Å². The van der Waals surface area contributed by atoms with Gasteiger partial charge in [0.15, 0.2) is 16.5 Å². The Hall–Kier alpha value is -5.03. The molecule has 5 aromatic rings. The molecule has 0 spiro atoms. The van der Waals surface area contributed by atoms with E-state index in [1.165, 1.54) is 18.2 Å². The lowest BCUT2D eigenvalue weighted by Gasteiger charge is -2.08. The van der Waals surface area contributed by atoms with Gasteiger partial charge in [0, 0.05) is 28.9 Å². The molecule has 0 saturated carbocycles. The molecule has 184 valence electrons. The van der Waals surface area contributed by atoms with E-state index >= 15 is 0 Å². The SMILES string of the molecule is COc1ccc(-c2nc3cc(NC(=S)NC(=O)c4ccc(-c5cccc([N+](=O)[O-])c5)o4)ccc3o2)cc1. The standard InChI is InChI=1S/C26H18N4O6S/c1-34-19-8-5-15(6-9-19)25-28-20-14-17(7-10-22(20)36-25)27-26(37)29-24(31)23-12-11-21(35-23)16-3-2-4-18(13-16)30(32)33/h2-14H,1H3,(H2,27,29,31,37). The Labute approximate surface area is 215 Å². The van der Waals surface area contributed by atoms with Crippen LogP contribution in [-0.4, -0.2) is 28.0 Å². The smallest absolute Gasteiger partial charge is 0.293 e. The van der Waals surface area contributed by atoms with Crippen molar-refractivity contribution in [3.05, 3.63) is 94.7 Å². The number of nitrogens with zero attached hydrogens (tertiary/aromatic N) is 2. The number of nitrogens with one attached hydrogen (secondary N) is 2. The highest BCUT2D eigenvalue weighted by molar-refractivity contribution is 7.80. The summed E-state index contributed by atoms with van der Waals surface area (Å²) in [5.41, 5.74) is 3.00. The molecule has 0 aliphatic rings. The lowest BCUT2D eigenvalue weighted by Crippen LogP contribution is -2.33. The second-order valence-corrected chi connectivity index (χ2v) is 8.22. The molecule has 3 aromatic carbocycles.